The van der Waals surface area contributed by atoms with E-state index in [2.05, 4.69) is 10.1 Å². The van der Waals surface area contributed by atoms with Gasteiger partial charge in [-0.15, -0.1) is 5.10 Å². The van der Waals surface area contributed by atoms with Crippen molar-refractivity contribution in [1.29, 1.82) is 5.41 Å². The van der Waals surface area contributed by atoms with Crippen molar-refractivity contribution in [2.24, 2.45) is 23.6 Å². The van der Waals surface area contributed by atoms with E-state index < -0.39 is 4.92 Å². The highest BCUT2D eigenvalue weighted by atomic mass is 16.6. The number of nitrogens with two attached hydrogens (primary N) is 2. The predicted octanol–water partition coefficient (Wildman–Crippen LogP) is -1.23. The van der Waals surface area contributed by atoms with Crippen LogP contribution in [0.25, 0.3) is 0 Å². The Balaban J connectivity index is 3.09. The summed E-state index contributed by atoms with van der Waals surface area (Å²) in [7, 11) is 2.86. The van der Waals surface area contributed by atoms with Gasteiger partial charge in [-0.1, -0.05) is 0 Å². The summed E-state index contributed by atoms with van der Waals surface area (Å²) in [6.45, 7) is 0. The lowest BCUT2D eigenvalue weighted by atomic mass is 10.5. The highest BCUT2D eigenvalue weighted by Gasteiger charge is 2.19. The first kappa shape index (κ1) is 12.4. The summed E-state index contributed by atoms with van der Waals surface area (Å²) >= 11 is 0. The van der Waals surface area contributed by atoms with E-state index in [-0.39, 0.29) is 23.4 Å². The molecule has 0 saturated carbocycles. The zero-order valence-corrected chi connectivity index (χ0v) is 9.28. The van der Waals surface area contributed by atoms with Crippen LogP contribution in [-0.2, 0) is 7.05 Å². The molecule has 17 heavy (non-hydrogen) atoms. The fourth-order valence-corrected chi connectivity index (χ4v) is 1.07. The van der Waals surface area contributed by atoms with E-state index in [1.165, 1.54) is 18.7 Å². The van der Waals surface area contributed by atoms with E-state index in [4.69, 9.17) is 16.9 Å². The lowest BCUT2D eigenvalue weighted by Gasteiger charge is -2.09. The Morgan fingerprint density at radius 3 is 2.71 bits per heavy atom. The molecule has 0 radical (unpaired) electrons. The average molecular weight is 240 g/mol. The van der Waals surface area contributed by atoms with E-state index in [9.17, 15) is 10.1 Å². The van der Waals surface area contributed by atoms with Gasteiger partial charge in [0, 0.05) is 7.05 Å². The average Bonchev–Trinajstić information content (AvgIpc) is 2.59. The number of amidine groups is 1. The third-order valence-electron chi connectivity index (χ3n) is 1.99. The largest absolute Gasteiger partial charge is 0.377 e. The van der Waals surface area contributed by atoms with Gasteiger partial charge in [-0.2, -0.15) is 0 Å². The van der Waals surface area contributed by atoms with Crippen LogP contribution in [0.2, 0.25) is 0 Å². The topological polar surface area (TPSA) is 152 Å². The molecule has 0 fully saturated rings. The van der Waals surface area contributed by atoms with E-state index in [0.717, 1.165) is 11.2 Å². The SMILES string of the molecule is CN(/N=C(/N)c1ncc([N+](=O)[O-])n1C)C(=N)N. The van der Waals surface area contributed by atoms with Gasteiger partial charge in [-0.05, 0) is 4.92 Å². The van der Waals surface area contributed by atoms with E-state index >= 15 is 0 Å². The fraction of sp³-hybridized carbons (Fsp3) is 0.286. The minimum atomic E-state index is -0.585. The number of hydrogen-bond acceptors (Lipinski definition) is 5. The normalized spacial score (nSPS) is 11.3. The molecule has 1 aromatic rings. The van der Waals surface area contributed by atoms with Crippen molar-refractivity contribution in [3.8, 4) is 0 Å². The third kappa shape index (κ3) is 2.48. The molecular formula is C7H12N8O2. The number of nitro groups is 1. The smallest absolute Gasteiger partial charge is 0.343 e. The second kappa shape index (κ2) is 4.47. The van der Waals surface area contributed by atoms with Gasteiger partial charge >= 0.3 is 5.82 Å². The molecule has 0 aromatic carbocycles. The van der Waals surface area contributed by atoms with Gasteiger partial charge in [0.05, 0.1) is 7.05 Å². The predicted molar refractivity (Wildman–Crippen MR) is 60.3 cm³/mol. The van der Waals surface area contributed by atoms with Crippen molar-refractivity contribution >= 4 is 17.6 Å². The zero-order chi connectivity index (χ0) is 13.2. The molecule has 0 amide bonds. The second-order valence-corrected chi connectivity index (χ2v) is 3.15. The molecule has 1 aromatic heterocycles. The maximum atomic E-state index is 10.6. The molecule has 0 aliphatic rings. The summed E-state index contributed by atoms with van der Waals surface area (Å²) in [6.07, 6.45) is 1.07. The summed E-state index contributed by atoms with van der Waals surface area (Å²) in [5, 5.41) is 22.5. The van der Waals surface area contributed by atoms with Crippen LogP contribution in [0.4, 0.5) is 5.82 Å². The minimum absolute atomic E-state index is 0.0710. The van der Waals surface area contributed by atoms with E-state index in [1.54, 1.807) is 0 Å². The molecular weight excluding hydrogens is 228 g/mol. The number of nitrogens with zero attached hydrogens (tertiary/aromatic N) is 5. The first-order valence-electron chi connectivity index (χ1n) is 4.43. The van der Waals surface area contributed by atoms with Gasteiger partial charge in [0.1, 0.15) is 6.20 Å². The monoisotopic (exact) mass is 240 g/mol. The van der Waals surface area contributed by atoms with E-state index in [0.29, 0.717) is 0 Å². The van der Waals surface area contributed by atoms with Crippen molar-refractivity contribution in [2.45, 2.75) is 0 Å². The Bertz CT molecular complexity index is 490. The van der Waals surface area contributed by atoms with E-state index in [1.807, 2.05) is 0 Å². The van der Waals surface area contributed by atoms with Crippen LogP contribution in [0.5, 0.6) is 0 Å². The van der Waals surface area contributed by atoms with Gasteiger partial charge in [0.25, 0.3) is 5.82 Å². The van der Waals surface area contributed by atoms with Crippen LogP contribution in [-0.4, -0.2) is 38.3 Å². The quantitative estimate of drug-likeness (QED) is 0.260. The molecule has 0 atom stereocenters. The summed E-state index contributed by atoms with van der Waals surface area (Å²) < 4.78 is 1.19. The van der Waals surface area contributed by atoms with Gasteiger partial charge in [0.2, 0.25) is 11.8 Å². The van der Waals surface area contributed by atoms with Crippen LogP contribution in [0.15, 0.2) is 11.3 Å². The third-order valence-corrected chi connectivity index (χ3v) is 1.99. The number of nitrogens with one attached hydrogen (secondary N) is 1. The van der Waals surface area contributed by atoms with Crippen molar-refractivity contribution in [3.63, 3.8) is 0 Å². The molecule has 5 N–H and O–H groups in total. The molecule has 10 heteroatoms. The Morgan fingerprint density at radius 2 is 2.29 bits per heavy atom. The maximum Gasteiger partial charge on any atom is 0.343 e. The van der Waals surface area contributed by atoms with Crippen LogP contribution in [0.3, 0.4) is 0 Å². The van der Waals surface area contributed by atoms with Gasteiger partial charge < -0.3 is 21.6 Å². The number of guanidine groups is 1. The van der Waals surface area contributed by atoms with Crippen molar-refractivity contribution in [1.82, 2.24) is 14.6 Å². The number of aromatic nitrogens is 2. The van der Waals surface area contributed by atoms with Gasteiger partial charge in [-0.25, -0.2) is 14.6 Å². The highest BCUT2D eigenvalue weighted by Crippen LogP contribution is 2.11. The molecule has 0 bridgehead atoms. The Kier molecular flexibility index (Phi) is 3.26. The summed E-state index contributed by atoms with van der Waals surface area (Å²) in [5.74, 6) is -0.455. The molecule has 0 spiro atoms. The van der Waals surface area contributed by atoms with Crippen molar-refractivity contribution in [2.75, 3.05) is 7.05 Å². The summed E-state index contributed by atoms with van der Waals surface area (Å²) in [6, 6.07) is 0. The van der Waals surface area contributed by atoms with Gasteiger partial charge in [0.15, 0.2) is 0 Å². The maximum absolute atomic E-state index is 10.6. The molecule has 0 aliphatic carbocycles. The van der Waals surface area contributed by atoms with Crippen LogP contribution in [0.1, 0.15) is 5.82 Å². The molecule has 92 valence electrons. The standard InChI is InChI=1S/C7H12N8O2/c1-13-4(15(16)17)3-11-6(13)5(8)12-14(2)7(9)10/h3H,1-2H3,(H2,8,12)(H3,9,10). The first-order valence-corrected chi connectivity index (χ1v) is 4.43. The van der Waals surface area contributed by atoms with Gasteiger partial charge in [-0.3, -0.25) is 5.41 Å². The second-order valence-electron chi connectivity index (χ2n) is 3.15. The molecule has 1 heterocycles. The number of rotatable bonds is 3. The lowest BCUT2D eigenvalue weighted by Crippen LogP contribution is -2.32. The van der Waals surface area contributed by atoms with Crippen molar-refractivity contribution in [3.05, 3.63) is 22.1 Å². The summed E-state index contributed by atoms with van der Waals surface area (Å²) in [4.78, 5) is 13.8. The molecule has 0 saturated heterocycles. The summed E-state index contributed by atoms with van der Waals surface area (Å²) in [5.41, 5.74) is 10.8. The fourth-order valence-electron chi connectivity index (χ4n) is 1.07. The lowest BCUT2D eigenvalue weighted by molar-refractivity contribution is -0.391. The Hall–Kier alpha value is -2.65. The van der Waals surface area contributed by atoms with Crippen LogP contribution >= 0.6 is 0 Å². The Morgan fingerprint density at radius 1 is 1.71 bits per heavy atom. The molecule has 1 rings (SSSR count). The molecule has 10 nitrogen and oxygen atoms in total. The number of imidazole rings is 1. The first-order chi connectivity index (χ1) is 7.84. The number of hydrazone groups is 1. The molecule has 0 unspecified atom stereocenters. The highest BCUT2D eigenvalue weighted by molar-refractivity contribution is 5.95. The van der Waals surface area contributed by atoms with Crippen LogP contribution < -0.4 is 11.5 Å². The van der Waals surface area contributed by atoms with Crippen molar-refractivity contribution < 1.29 is 4.92 Å². The number of hydrogen-bond donors (Lipinski definition) is 3. The zero-order valence-electron chi connectivity index (χ0n) is 9.28. The minimum Gasteiger partial charge on any atom is -0.377 e. The van der Waals surface area contributed by atoms with Crippen LogP contribution in [0, 0.1) is 15.5 Å². The Labute approximate surface area is 96.2 Å². The molecule has 0 aliphatic heterocycles.